The van der Waals surface area contributed by atoms with E-state index >= 15 is 0 Å². The number of carbonyl (C=O) groups is 1. The normalized spacial score (nSPS) is 52.3. The molecule has 0 spiro atoms. The predicted molar refractivity (Wildman–Crippen MR) is 140 cm³/mol. The average molecular weight is 563 g/mol. The van der Waals surface area contributed by atoms with Crippen LogP contribution in [-0.2, 0) is 14.3 Å². The SMILES string of the molecule is C[C@H]1O[C@H](O[C@H]2CC[C@]3(C=O)[C@H]4CC[C@]5(C)[C@@H](c6ccc(=O)oc6)CC[C@]5(O)[C@@H]4CC[C@]3(O)C2)[C@H](O)[C@@H](O)[C@@H]1O. The van der Waals surface area contributed by atoms with Crippen LogP contribution in [0, 0.1) is 22.7 Å². The number of carbonyl (C=O) groups excluding carboxylic acids is 1. The zero-order valence-electron chi connectivity index (χ0n) is 23.1. The van der Waals surface area contributed by atoms with E-state index in [0.29, 0.717) is 44.9 Å². The summed E-state index contributed by atoms with van der Waals surface area (Å²) in [4.78, 5) is 24.5. The number of rotatable bonds is 4. The Morgan fingerprint density at radius 3 is 2.40 bits per heavy atom. The van der Waals surface area contributed by atoms with E-state index in [4.69, 9.17) is 13.9 Å². The molecule has 5 aliphatic rings. The molecule has 10 heteroatoms. The van der Waals surface area contributed by atoms with Gasteiger partial charge >= 0.3 is 5.63 Å². The number of aldehydes is 1. The summed E-state index contributed by atoms with van der Waals surface area (Å²) in [6.45, 7) is 3.71. The molecule has 4 saturated carbocycles. The number of aliphatic hydroxyl groups is 5. The molecule has 1 aromatic rings. The first kappa shape index (κ1) is 28.5. The lowest BCUT2D eigenvalue weighted by atomic mass is 9.41. The second-order valence-electron chi connectivity index (χ2n) is 13.5. The van der Waals surface area contributed by atoms with Gasteiger partial charge in [-0.25, -0.2) is 4.79 Å². The third-order valence-corrected chi connectivity index (χ3v) is 12.0. The van der Waals surface area contributed by atoms with Gasteiger partial charge in [0.05, 0.1) is 35.1 Å². The van der Waals surface area contributed by atoms with Crippen LogP contribution in [0.4, 0.5) is 0 Å². The van der Waals surface area contributed by atoms with Gasteiger partial charge in [0.25, 0.3) is 0 Å². The van der Waals surface area contributed by atoms with Gasteiger partial charge in [-0.1, -0.05) is 6.92 Å². The summed E-state index contributed by atoms with van der Waals surface area (Å²) < 4.78 is 16.8. The van der Waals surface area contributed by atoms with Crippen LogP contribution in [0.25, 0.3) is 0 Å². The fourth-order valence-electron chi connectivity index (χ4n) is 9.67. The van der Waals surface area contributed by atoms with Gasteiger partial charge in [0.1, 0.15) is 24.6 Å². The third-order valence-electron chi connectivity index (χ3n) is 12.0. The molecule has 6 rings (SSSR count). The summed E-state index contributed by atoms with van der Waals surface area (Å²) in [5.41, 5.74) is -3.34. The van der Waals surface area contributed by atoms with Crippen molar-refractivity contribution in [1.29, 1.82) is 0 Å². The van der Waals surface area contributed by atoms with E-state index in [9.17, 15) is 35.1 Å². The van der Waals surface area contributed by atoms with E-state index < -0.39 is 64.5 Å². The Labute approximate surface area is 233 Å². The number of hydrogen-bond donors (Lipinski definition) is 5. The second kappa shape index (κ2) is 9.69. The molecule has 5 fully saturated rings. The molecule has 13 atom stereocenters. The van der Waals surface area contributed by atoms with E-state index in [0.717, 1.165) is 18.3 Å². The van der Waals surface area contributed by atoms with E-state index in [1.807, 2.05) is 0 Å². The molecular weight excluding hydrogens is 520 g/mol. The van der Waals surface area contributed by atoms with Crippen LogP contribution in [0.15, 0.2) is 27.6 Å². The number of fused-ring (bicyclic) bond motifs is 5. The summed E-state index contributed by atoms with van der Waals surface area (Å²) >= 11 is 0. The summed E-state index contributed by atoms with van der Waals surface area (Å²) in [6.07, 6.45) is 0.559. The lowest BCUT2D eigenvalue weighted by Gasteiger charge is -2.65. The van der Waals surface area contributed by atoms with Crippen LogP contribution in [0.2, 0.25) is 0 Å². The van der Waals surface area contributed by atoms with Crippen LogP contribution in [-0.4, -0.2) is 79.8 Å². The maximum absolute atomic E-state index is 13.0. The molecule has 0 amide bonds. The maximum Gasteiger partial charge on any atom is 0.335 e. The first-order valence-electron chi connectivity index (χ1n) is 14.7. The Bertz CT molecular complexity index is 1170. The highest BCUT2D eigenvalue weighted by Gasteiger charge is 2.71. The van der Waals surface area contributed by atoms with E-state index in [-0.39, 0.29) is 24.2 Å². The Kier molecular flexibility index (Phi) is 6.89. The molecular formula is C30H42O10. The minimum atomic E-state index is -1.44. The monoisotopic (exact) mass is 562 g/mol. The third kappa shape index (κ3) is 3.87. The Morgan fingerprint density at radius 1 is 0.950 bits per heavy atom. The zero-order valence-corrected chi connectivity index (χ0v) is 23.1. The van der Waals surface area contributed by atoms with Gasteiger partial charge in [-0.2, -0.15) is 0 Å². The van der Waals surface area contributed by atoms with Gasteiger partial charge in [-0.15, -0.1) is 0 Å². The molecule has 1 aliphatic heterocycles. The van der Waals surface area contributed by atoms with Crippen molar-refractivity contribution in [3.8, 4) is 0 Å². The van der Waals surface area contributed by atoms with Crippen LogP contribution in [0.5, 0.6) is 0 Å². The summed E-state index contributed by atoms with van der Waals surface area (Å²) in [5.74, 6) is -0.322. The van der Waals surface area contributed by atoms with Gasteiger partial charge in [-0.05, 0) is 87.7 Å². The molecule has 4 aliphatic carbocycles. The summed E-state index contributed by atoms with van der Waals surface area (Å²) in [5, 5.41) is 55.1. The van der Waals surface area contributed by atoms with Crippen molar-refractivity contribution in [2.45, 2.75) is 126 Å². The lowest BCUT2D eigenvalue weighted by Crippen LogP contribution is -2.69. The van der Waals surface area contributed by atoms with Crippen molar-refractivity contribution in [1.82, 2.24) is 0 Å². The molecule has 0 aromatic carbocycles. The average Bonchev–Trinajstić information content (AvgIpc) is 3.21. The highest BCUT2D eigenvalue weighted by Crippen LogP contribution is 2.71. The van der Waals surface area contributed by atoms with Gasteiger partial charge in [0.2, 0.25) is 0 Å². The molecule has 40 heavy (non-hydrogen) atoms. The number of hydrogen-bond acceptors (Lipinski definition) is 10. The zero-order chi connectivity index (χ0) is 28.7. The van der Waals surface area contributed by atoms with Crippen molar-refractivity contribution >= 4 is 6.29 Å². The van der Waals surface area contributed by atoms with Crippen molar-refractivity contribution in [3.63, 3.8) is 0 Å². The number of ether oxygens (including phenoxy) is 2. The van der Waals surface area contributed by atoms with E-state index in [1.165, 1.54) is 12.3 Å². The molecule has 1 aromatic heterocycles. The highest BCUT2D eigenvalue weighted by molar-refractivity contribution is 5.64. The highest BCUT2D eigenvalue weighted by atomic mass is 16.7. The molecule has 1 saturated heterocycles. The molecule has 222 valence electrons. The van der Waals surface area contributed by atoms with Crippen molar-refractivity contribution < 1.29 is 44.2 Å². The van der Waals surface area contributed by atoms with Gasteiger partial charge < -0.3 is 44.2 Å². The van der Waals surface area contributed by atoms with Crippen LogP contribution < -0.4 is 5.63 Å². The van der Waals surface area contributed by atoms with Crippen molar-refractivity contribution in [3.05, 3.63) is 34.4 Å². The second-order valence-corrected chi connectivity index (χ2v) is 13.5. The predicted octanol–water partition coefficient (Wildman–Crippen LogP) is 1.39. The minimum absolute atomic E-state index is 0.0260. The van der Waals surface area contributed by atoms with Crippen LogP contribution >= 0.6 is 0 Å². The van der Waals surface area contributed by atoms with Gasteiger partial charge in [-0.3, -0.25) is 0 Å². The Hall–Kier alpha value is -1.66. The first-order valence-corrected chi connectivity index (χ1v) is 14.7. The maximum atomic E-state index is 13.0. The van der Waals surface area contributed by atoms with Gasteiger partial charge in [0.15, 0.2) is 6.29 Å². The Morgan fingerprint density at radius 2 is 1.70 bits per heavy atom. The lowest BCUT2D eigenvalue weighted by molar-refractivity contribution is -0.317. The van der Waals surface area contributed by atoms with E-state index in [1.54, 1.807) is 13.0 Å². The first-order chi connectivity index (χ1) is 18.9. The topological polar surface area (TPSA) is 167 Å². The molecule has 0 bridgehead atoms. The molecule has 2 heterocycles. The minimum Gasteiger partial charge on any atom is -0.431 e. The largest absolute Gasteiger partial charge is 0.431 e. The molecule has 5 N–H and O–H groups in total. The van der Waals surface area contributed by atoms with Crippen LogP contribution in [0.1, 0.15) is 83.1 Å². The fourth-order valence-corrected chi connectivity index (χ4v) is 9.67. The fraction of sp³-hybridized carbons (Fsp3) is 0.800. The number of aliphatic hydroxyl groups excluding tert-OH is 3. The van der Waals surface area contributed by atoms with Crippen molar-refractivity contribution in [2.75, 3.05) is 0 Å². The molecule has 0 radical (unpaired) electrons. The summed E-state index contributed by atoms with van der Waals surface area (Å²) in [6, 6.07) is 3.21. The molecule has 0 unspecified atom stereocenters. The van der Waals surface area contributed by atoms with Gasteiger partial charge in [0, 0.05) is 17.9 Å². The Balaban J connectivity index is 1.23. The van der Waals surface area contributed by atoms with Crippen LogP contribution in [0.3, 0.4) is 0 Å². The standard InChI is InChI=1S/C30H42O10/c1-16-23(33)24(34)25(35)26(39-16)40-18-5-10-28(15-31)20-6-9-27(2)19(17-3-4-22(32)38-14-17)8-12-30(27,37)21(20)7-11-29(28,36)13-18/h3-4,14-16,18-21,23-26,33-37H,5-13H2,1-2H3/t16-,18+,19-,20+,21-,23-,24+,25-,26-,27-,28+,29+,30+/m1/s1. The van der Waals surface area contributed by atoms with E-state index in [2.05, 4.69) is 6.92 Å². The smallest absolute Gasteiger partial charge is 0.335 e. The molecule has 10 nitrogen and oxygen atoms in total. The summed E-state index contributed by atoms with van der Waals surface area (Å²) in [7, 11) is 0. The van der Waals surface area contributed by atoms with Crippen molar-refractivity contribution in [2.24, 2.45) is 22.7 Å². The quantitative estimate of drug-likeness (QED) is 0.267.